The summed E-state index contributed by atoms with van der Waals surface area (Å²) in [5, 5.41) is 0. The van der Waals surface area contributed by atoms with E-state index in [1.807, 2.05) is 0 Å². The fourth-order valence-electron chi connectivity index (χ4n) is 1.74. The van der Waals surface area contributed by atoms with Crippen molar-refractivity contribution in [2.45, 2.75) is 40.2 Å². The molecule has 0 N–H and O–H groups in total. The molecule has 0 fully saturated rings. The molecule has 1 rings (SSSR count). The van der Waals surface area contributed by atoms with Gasteiger partial charge in [0.25, 0.3) is 0 Å². The Hall–Kier alpha value is -1.21. The minimum atomic E-state index is -2.20. The largest absolute Gasteiger partial charge is 0.236 e. The summed E-state index contributed by atoms with van der Waals surface area (Å²) in [4.78, 5) is 9.59. The van der Waals surface area contributed by atoms with Gasteiger partial charge in [0.1, 0.15) is 6.10 Å². The van der Waals surface area contributed by atoms with Crippen LogP contribution < -0.4 is 0 Å². The van der Waals surface area contributed by atoms with Crippen molar-refractivity contribution in [3.63, 3.8) is 0 Å². The molecule has 0 radical (unpaired) electrons. The molecule has 0 aliphatic carbocycles. The minimum absolute atomic E-state index is 0.0612. The number of benzene rings is 1. The Bertz CT molecular complexity index is 488. The summed E-state index contributed by atoms with van der Waals surface area (Å²) in [6, 6.07) is 0. The van der Waals surface area contributed by atoms with Crippen molar-refractivity contribution in [2.24, 2.45) is 5.41 Å². The maximum atomic E-state index is 13.9. The van der Waals surface area contributed by atoms with Crippen molar-refractivity contribution in [3.05, 3.63) is 34.6 Å². The Morgan fingerprint density at radius 2 is 1.29 bits per heavy atom. The highest BCUT2D eigenvalue weighted by molar-refractivity contribution is 5.27. The van der Waals surface area contributed by atoms with E-state index in [1.165, 1.54) is 0 Å². The molecule has 1 atom stereocenters. The molecule has 1 aromatic carbocycles. The normalized spacial score (nSPS) is 13.6. The van der Waals surface area contributed by atoms with E-state index in [9.17, 15) is 22.0 Å². The molecule has 0 spiro atoms. The Morgan fingerprint density at radius 3 is 1.67 bits per heavy atom. The molecule has 0 amide bonds. The second kappa shape index (κ2) is 6.70. The molecule has 0 saturated heterocycles. The second-order valence-corrected chi connectivity index (χ2v) is 5.21. The van der Waals surface area contributed by atoms with Crippen molar-refractivity contribution in [3.8, 4) is 0 Å². The summed E-state index contributed by atoms with van der Waals surface area (Å²) in [5.41, 5.74) is -1.93. The standard InChI is InChI=1S/C14H17F5O2/c1-5-14(3,4)13(21-20-6-2)7-8(15)10(17)12(19)11(18)9(7)16/h13H,5-6H2,1-4H3. The Morgan fingerprint density at radius 1 is 0.857 bits per heavy atom. The topological polar surface area (TPSA) is 18.5 Å². The van der Waals surface area contributed by atoms with Crippen molar-refractivity contribution in [2.75, 3.05) is 6.61 Å². The molecule has 0 bridgehead atoms. The third-order valence-corrected chi connectivity index (χ3v) is 3.41. The van der Waals surface area contributed by atoms with Gasteiger partial charge in [-0.1, -0.05) is 20.8 Å². The number of rotatable bonds is 6. The summed E-state index contributed by atoms with van der Waals surface area (Å²) >= 11 is 0. The van der Waals surface area contributed by atoms with E-state index in [1.54, 1.807) is 27.7 Å². The van der Waals surface area contributed by atoms with Crippen LogP contribution in [0, 0.1) is 34.5 Å². The number of hydrogen-bond donors (Lipinski definition) is 0. The highest BCUT2D eigenvalue weighted by atomic mass is 19.2. The lowest BCUT2D eigenvalue weighted by molar-refractivity contribution is -0.344. The van der Waals surface area contributed by atoms with E-state index in [2.05, 4.69) is 4.89 Å². The highest BCUT2D eigenvalue weighted by Crippen LogP contribution is 2.42. The zero-order chi connectivity index (χ0) is 16.4. The first-order valence-electron chi connectivity index (χ1n) is 6.48. The maximum Gasteiger partial charge on any atom is 0.200 e. The molecule has 0 heterocycles. The molecular formula is C14H17F5O2. The third kappa shape index (κ3) is 3.35. The molecule has 21 heavy (non-hydrogen) atoms. The van der Waals surface area contributed by atoms with Crippen LogP contribution in [0.4, 0.5) is 22.0 Å². The fraction of sp³-hybridized carbons (Fsp3) is 0.571. The van der Waals surface area contributed by atoms with Crippen molar-refractivity contribution in [1.82, 2.24) is 0 Å². The van der Waals surface area contributed by atoms with E-state index in [0.29, 0.717) is 6.42 Å². The molecule has 120 valence electrons. The van der Waals surface area contributed by atoms with Crippen LogP contribution >= 0.6 is 0 Å². The molecule has 0 aromatic heterocycles. The van der Waals surface area contributed by atoms with Gasteiger partial charge in [0.15, 0.2) is 23.3 Å². The SMILES string of the molecule is CCOOC(c1c(F)c(F)c(F)c(F)c1F)C(C)(C)CC. The van der Waals surface area contributed by atoms with Crippen LogP contribution in [0.1, 0.15) is 45.8 Å². The Balaban J connectivity index is 3.51. The zero-order valence-electron chi connectivity index (χ0n) is 12.2. The smallest absolute Gasteiger partial charge is 0.200 e. The Labute approximate surface area is 119 Å². The van der Waals surface area contributed by atoms with Gasteiger partial charge >= 0.3 is 0 Å². The first kappa shape index (κ1) is 17.8. The summed E-state index contributed by atoms with van der Waals surface area (Å²) in [6.07, 6.45) is -1.07. The summed E-state index contributed by atoms with van der Waals surface area (Å²) < 4.78 is 67.5. The average molecular weight is 312 g/mol. The quantitative estimate of drug-likeness (QED) is 0.246. The van der Waals surface area contributed by atoms with Gasteiger partial charge in [-0.2, -0.15) is 0 Å². The van der Waals surface area contributed by atoms with Gasteiger partial charge in [-0.05, 0) is 18.8 Å². The van der Waals surface area contributed by atoms with E-state index >= 15 is 0 Å². The van der Waals surface area contributed by atoms with E-state index < -0.39 is 46.2 Å². The van der Waals surface area contributed by atoms with Gasteiger partial charge in [-0.3, -0.25) is 0 Å². The van der Waals surface area contributed by atoms with Crippen LogP contribution in [0.25, 0.3) is 0 Å². The monoisotopic (exact) mass is 312 g/mol. The third-order valence-electron chi connectivity index (χ3n) is 3.41. The van der Waals surface area contributed by atoms with Gasteiger partial charge < -0.3 is 0 Å². The average Bonchev–Trinajstić information content (AvgIpc) is 2.46. The van der Waals surface area contributed by atoms with Gasteiger partial charge in [-0.15, -0.1) is 0 Å². The lowest BCUT2D eigenvalue weighted by atomic mass is 9.80. The van der Waals surface area contributed by atoms with Crippen LogP contribution in [-0.4, -0.2) is 6.61 Å². The van der Waals surface area contributed by atoms with Gasteiger partial charge in [-0.25, -0.2) is 31.7 Å². The minimum Gasteiger partial charge on any atom is -0.236 e. The number of hydrogen-bond acceptors (Lipinski definition) is 2. The number of halogens is 5. The maximum absolute atomic E-state index is 13.9. The predicted molar refractivity (Wildman–Crippen MR) is 65.8 cm³/mol. The lowest BCUT2D eigenvalue weighted by Crippen LogP contribution is -2.27. The van der Waals surface area contributed by atoms with Gasteiger partial charge in [0, 0.05) is 0 Å². The van der Waals surface area contributed by atoms with Crippen molar-refractivity contribution in [1.29, 1.82) is 0 Å². The Kier molecular flexibility index (Phi) is 5.69. The molecule has 2 nitrogen and oxygen atoms in total. The predicted octanol–water partition coefficient (Wildman–Crippen LogP) is 4.83. The molecule has 1 unspecified atom stereocenters. The van der Waals surface area contributed by atoms with Crippen molar-refractivity contribution >= 4 is 0 Å². The van der Waals surface area contributed by atoms with Crippen LogP contribution in [0.15, 0.2) is 0 Å². The highest BCUT2D eigenvalue weighted by Gasteiger charge is 2.39. The second-order valence-electron chi connectivity index (χ2n) is 5.21. The van der Waals surface area contributed by atoms with Crippen LogP contribution in [0.5, 0.6) is 0 Å². The van der Waals surface area contributed by atoms with Crippen LogP contribution in [0.2, 0.25) is 0 Å². The summed E-state index contributed by atoms with van der Waals surface area (Å²) in [5.74, 6) is -10.0. The molecule has 7 heteroatoms. The molecular weight excluding hydrogens is 295 g/mol. The van der Waals surface area contributed by atoms with Crippen LogP contribution in [0.3, 0.4) is 0 Å². The molecule has 0 aliphatic rings. The van der Waals surface area contributed by atoms with E-state index in [4.69, 9.17) is 4.89 Å². The fourth-order valence-corrected chi connectivity index (χ4v) is 1.74. The lowest BCUT2D eigenvalue weighted by Gasteiger charge is -2.32. The van der Waals surface area contributed by atoms with E-state index in [-0.39, 0.29) is 6.61 Å². The zero-order valence-corrected chi connectivity index (χ0v) is 12.2. The molecule has 1 aromatic rings. The first-order chi connectivity index (χ1) is 9.68. The van der Waals surface area contributed by atoms with Crippen LogP contribution in [-0.2, 0) is 9.78 Å². The summed E-state index contributed by atoms with van der Waals surface area (Å²) in [6.45, 7) is 6.48. The molecule has 0 saturated carbocycles. The van der Waals surface area contributed by atoms with E-state index in [0.717, 1.165) is 0 Å². The first-order valence-corrected chi connectivity index (χ1v) is 6.48. The van der Waals surface area contributed by atoms with Crippen molar-refractivity contribution < 1.29 is 31.7 Å². The van der Waals surface area contributed by atoms with Gasteiger partial charge in [0.2, 0.25) is 5.82 Å². The van der Waals surface area contributed by atoms with Gasteiger partial charge in [0.05, 0.1) is 12.2 Å². The summed E-state index contributed by atoms with van der Waals surface area (Å²) in [7, 11) is 0. The molecule has 0 aliphatic heterocycles.